The molecule has 2 aromatic heterocycles. The summed E-state index contributed by atoms with van der Waals surface area (Å²) < 4.78 is 68.3. The van der Waals surface area contributed by atoms with Crippen molar-refractivity contribution in [2.24, 2.45) is 0 Å². The molecule has 0 saturated carbocycles. The Morgan fingerprint density at radius 2 is 1.72 bits per heavy atom. The van der Waals surface area contributed by atoms with Gasteiger partial charge in [0.1, 0.15) is 23.5 Å². The third kappa shape index (κ3) is 4.02. The number of amides is 2. The Morgan fingerprint density at radius 3 is 2.44 bits per heavy atom. The van der Waals surface area contributed by atoms with Gasteiger partial charge in [0.15, 0.2) is 5.82 Å². The fraction of sp³-hybridized carbons (Fsp3) is 0.0500. The van der Waals surface area contributed by atoms with Crippen molar-refractivity contribution < 1.29 is 26.7 Å². The molecule has 4 N–H and O–H groups in total. The summed E-state index contributed by atoms with van der Waals surface area (Å²) in [5.41, 5.74) is 5.17. The molecular weight excluding hydrogens is 435 g/mol. The second-order valence-corrected chi connectivity index (χ2v) is 6.63. The summed E-state index contributed by atoms with van der Waals surface area (Å²) in [4.78, 5) is 16.0. The Labute approximate surface area is 176 Å². The average molecular weight is 448 g/mol. The molecule has 0 saturated heterocycles. The van der Waals surface area contributed by atoms with Crippen LogP contribution in [0.15, 0.2) is 55.0 Å². The minimum absolute atomic E-state index is 0.185. The highest BCUT2D eigenvalue weighted by atomic mass is 19.4. The van der Waals surface area contributed by atoms with Crippen LogP contribution in [-0.2, 0) is 6.18 Å². The van der Waals surface area contributed by atoms with E-state index >= 15 is 0 Å². The first-order valence-electron chi connectivity index (χ1n) is 8.96. The number of urea groups is 1. The van der Waals surface area contributed by atoms with E-state index < -0.39 is 35.1 Å². The van der Waals surface area contributed by atoms with Gasteiger partial charge in [-0.3, -0.25) is 0 Å². The zero-order valence-corrected chi connectivity index (χ0v) is 15.9. The van der Waals surface area contributed by atoms with E-state index in [1.54, 1.807) is 12.3 Å². The number of halogens is 5. The van der Waals surface area contributed by atoms with Gasteiger partial charge in [-0.15, -0.1) is 0 Å². The molecule has 0 aliphatic heterocycles. The molecule has 0 bridgehead atoms. The van der Waals surface area contributed by atoms with Crippen molar-refractivity contribution in [2.75, 3.05) is 16.4 Å². The highest BCUT2D eigenvalue weighted by molar-refractivity contribution is 6.00. The van der Waals surface area contributed by atoms with Crippen LogP contribution in [0.3, 0.4) is 0 Å². The first-order valence-corrected chi connectivity index (χ1v) is 8.96. The number of nitrogen functional groups attached to an aromatic ring is 1. The SMILES string of the molecule is Nc1ncnn2ccc(-c3ccc(NC(=O)Nc4cc(C(F)(F)F)ccc4F)c(F)c3)c12. The fourth-order valence-corrected chi connectivity index (χ4v) is 3.07. The molecule has 0 unspecified atom stereocenters. The monoisotopic (exact) mass is 448 g/mol. The molecule has 4 rings (SSSR count). The topological polar surface area (TPSA) is 97.3 Å². The number of hydrogen-bond donors (Lipinski definition) is 3. The van der Waals surface area contributed by atoms with Crippen molar-refractivity contribution in [3.05, 3.63) is 72.2 Å². The van der Waals surface area contributed by atoms with E-state index in [0.717, 1.165) is 6.07 Å². The lowest BCUT2D eigenvalue weighted by Crippen LogP contribution is -2.21. The van der Waals surface area contributed by atoms with Gasteiger partial charge in [-0.25, -0.2) is 23.1 Å². The highest BCUT2D eigenvalue weighted by Gasteiger charge is 2.31. The molecule has 4 aromatic rings. The van der Waals surface area contributed by atoms with Crippen LogP contribution < -0.4 is 16.4 Å². The number of fused-ring (bicyclic) bond motifs is 1. The maximum atomic E-state index is 14.6. The van der Waals surface area contributed by atoms with E-state index in [1.165, 1.54) is 23.0 Å². The van der Waals surface area contributed by atoms with Crippen LogP contribution in [0.4, 0.5) is 43.9 Å². The third-order valence-electron chi connectivity index (χ3n) is 4.55. The number of aromatic nitrogens is 3. The normalized spacial score (nSPS) is 11.5. The van der Waals surface area contributed by atoms with Crippen LogP contribution in [0.2, 0.25) is 0 Å². The Hall–Kier alpha value is -4.22. The Kier molecular flexibility index (Phi) is 5.12. The van der Waals surface area contributed by atoms with Crippen LogP contribution >= 0.6 is 0 Å². The zero-order valence-electron chi connectivity index (χ0n) is 15.9. The number of nitrogens with zero attached hydrogens (tertiary/aromatic N) is 3. The van der Waals surface area contributed by atoms with E-state index in [2.05, 4.69) is 15.4 Å². The van der Waals surface area contributed by atoms with E-state index in [4.69, 9.17) is 5.73 Å². The molecule has 2 heterocycles. The maximum Gasteiger partial charge on any atom is 0.416 e. The molecule has 164 valence electrons. The molecule has 0 aliphatic carbocycles. The summed E-state index contributed by atoms with van der Waals surface area (Å²) in [6, 6.07) is 5.96. The number of carbonyl (C=O) groups excluding carboxylic acids is 1. The molecule has 32 heavy (non-hydrogen) atoms. The van der Waals surface area contributed by atoms with Gasteiger partial charge in [-0.2, -0.15) is 18.3 Å². The van der Waals surface area contributed by atoms with Crippen molar-refractivity contribution in [1.82, 2.24) is 14.6 Å². The van der Waals surface area contributed by atoms with Gasteiger partial charge in [-0.05, 0) is 42.0 Å². The summed E-state index contributed by atoms with van der Waals surface area (Å²) in [7, 11) is 0. The number of nitrogens with one attached hydrogen (secondary N) is 2. The van der Waals surface area contributed by atoms with E-state index in [9.17, 15) is 26.7 Å². The van der Waals surface area contributed by atoms with E-state index in [1.807, 2.05) is 5.32 Å². The van der Waals surface area contributed by atoms with Gasteiger partial charge in [-0.1, -0.05) is 6.07 Å². The number of carbonyl (C=O) groups is 1. The summed E-state index contributed by atoms with van der Waals surface area (Å²) >= 11 is 0. The molecule has 0 atom stereocenters. The maximum absolute atomic E-state index is 14.6. The van der Waals surface area contributed by atoms with Crippen molar-refractivity contribution in [3.8, 4) is 11.1 Å². The van der Waals surface area contributed by atoms with Gasteiger partial charge in [0.25, 0.3) is 0 Å². The minimum Gasteiger partial charge on any atom is -0.382 e. The third-order valence-corrected chi connectivity index (χ3v) is 4.55. The lowest BCUT2D eigenvalue weighted by atomic mass is 10.1. The van der Waals surface area contributed by atoms with Gasteiger partial charge in [0, 0.05) is 11.8 Å². The number of benzene rings is 2. The number of alkyl halides is 3. The number of anilines is 3. The van der Waals surface area contributed by atoms with Gasteiger partial charge in [0.2, 0.25) is 0 Å². The predicted molar refractivity (Wildman–Crippen MR) is 107 cm³/mol. The minimum atomic E-state index is -4.72. The lowest BCUT2D eigenvalue weighted by molar-refractivity contribution is -0.137. The first kappa shape index (κ1) is 21.0. The standard InChI is InChI=1S/C20H13F5N6O/c21-13-3-2-11(20(23,24)25)8-16(13)30-19(32)29-15-4-1-10(7-14(15)22)12-5-6-31-17(12)18(26)27-9-28-31/h1-9H,(H2,26,27,28)(H2,29,30,32). The number of hydrogen-bond acceptors (Lipinski definition) is 4. The molecule has 0 fully saturated rings. The average Bonchev–Trinajstić information content (AvgIpc) is 3.16. The molecule has 0 radical (unpaired) electrons. The molecular formula is C20H13F5N6O. The summed E-state index contributed by atoms with van der Waals surface area (Å²) in [5.74, 6) is -1.73. The van der Waals surface area contributed by atoms with Crippen molar-refractivity contribution in [1.29, 1.82) is 0 Å². The van der Waals surface area contributed by atoms with Crippen molar-refractivity contribution in [2.45, 2.75) is 6.18 Å². The van der Waals surface area contributed by atoms with Crippen LogP contribution in [0.1, 0.15) is 5.56 Å². The molecule has 2 amide bonds. The molecule has 0 aliphatic rings. The Balaban J connectivity index is 1.55. The number of nitrogens with two attached hydrogens (primary N) is 1. The first-order chi connectivity index (χ1) is 15.1. The van der Waals surface area contributed by atoms with Crippen molar-refractivity contribution in [3.63, 3.8) is 0 Å². The summed E-state index contributed by atoms with van der Waals surface area (Å²) in [6.07, 6.45) is -1.84. The fourth-order valence-electron chi connectivity index (χ4n) is 3.07. The van der Waals surface area contributed by atoms with E-state index in [0.29, 0.717) is 34.8 Å². The largest absolute Gasteiger partial charge is 0.416 e. The zero-order chi connectivity index (χ0) is 23.0. The molecule has 2 aromatic carbocycles. The summed E-state index contributed by atoms with van der Waals surface area (Å²) in [6.45, 7) is 0. The van der Waals surface area contributed by atoms with Crippen LogP contribution in [0.5, 0.6) is 0 Å². The molecule has 7 nitrogen and oxygen atoms in total. The van der Waals surface area contributed by atoms with Crippen LogP contribution in [0, 0.1) is 11.6 Å². The molecule has 0 spiro atoms. The van der Waals surface area contributed by atoms with Crippen molar-refractivity contribution >= 4 is 28.7 Å². The van der Waals surface area contributed by atoms with Gasteiger partial charge >= 0.3 is 12.2 Å². The Morgan fingerprint density at radius 1 is 0.969 bits per heavy atom. The second-order valence-electron chi connectivity index (χ2n) is 6.63. The predicted octanol–water partition coefficient (Wildman–Crippen LogP) is 4.92. The Bertz CT molecular complexity index is 1330. The van der Waals surface area contributed by atoms with Gasteiger partial charge in [0.05, 0.1) is 16.9 Å². The van der Waals surface area contributed by atoms with Gasteiger partial charge < -0.3 is 16.4 Å². The second kappa shape index (κ2) is 7.80. The molecule has 12 heteroatoms. The highest BCUT2D eigenvalue weighted by Crippen LogP contribution is 2.32. The smallest absolute Gasteiger partial charge is 0.382 e. The quantitative estimate of drug-likeness (QED) is 0.388. The number of rotatable bonds is 3. The van der Waals surface area contributed by atoms with Crippen LogP contribution in [0.25, 0.3) is 16.6 Å². The lowest BCUT2D eigenvalue weighted by Gasteiger charge is -2.12. The van der Waals surface area contributed by atoms with Crippen LogP contribution in [-0.4, -0.2) is 20.6 Å². The van der Waals surface area contributed by atoms with E-state index in [-0.39, 0.29) is 11.5 Å². The summed E-state index contributed by atoms with van der Waals surface area (Å²) in [5, 5.41) is 8.08.